The maximum absolute atomic E-state index is 12.6. The number of rotatable bonds is 5. The van der Waals surface area contributed by atoms with Gasteiger partial charge in [0.2, 0.25) is 15.9 Å². The molecule has 140 valence electrons. The molecule has 1 amide bonds. The summed E-state index contributed by atoms with van der Waals surface area (Å²) >= 11 is 0. The van der Waals surface area contributed by atoms with Gasteiger partial charge >= 0.3 is 0 Å². The van der Waals surface area contributed by atoms with Gasteiger partial charge < -0.3 is 5.32 Å². The summed E-state index contributed by atoms with van der Waals surface area (Å²) in [5.74, 6) is 1.04. The van der Waals surface area contributed by atoms with E-state index in [2.05, 4.69) is 24.1 Å². The Morgan fingerprint density at radius 3 is 2.40 bits per heavy atom. The van der Waals surface area contributed by atoms with Gasteiger partial charge in [0.05, 0.1) is 10.9 Å². The van der Waals surface area contributed by atoms with Crippen molar-refractivity contribution >= 4 is 21.6 Å². The van der Waals surface area contributed by atoms with Crippen LogP contribution in [0.5, 0.6) is 0 Å². The van der Waals surface area contributed by atoms with E-state index in [0.717, 1.165) is 17.4 Å². The number of anilines is 1. The van der Waals surface area contributed by atoms with Gasteiger partial charge in [-0.1, -0.05) is 19.9 Å². The molecule has 0 unspecified atom stereocenters. The highest BCUT2D eigenvalue weighted by Crippen LogP contribution is 2.23. The van der Waals surface area contributed by atoms with Crippen LogP contribution in [0.3, 0.4) is 0 Å². The largest absolute Gasteiger partial charge is 0.325 e. The number of benzene rings is 1. The zero-order chi connectivity index (χ0) is 18.8. The van der Waals surface area contributed by atoms with Crippen molar-refractivity contribution in [2.75, 3.05) is 32.5 Å². The maximum Gasteiger partial charge on any atom is 0.242 e. The summed E-state index contributed by atoms with van der Waals surface area (Å²) in [7, 11) is -0.544. The molecular weight excluding hydrogens is 338 g/mol. The maximum atomic E-state index is 12.6. The average molecular weight is 368 g/mol. The Kier molecular flexibility index (Phi) is 6.24. The van der Waals surface area contributed by atoms with E-state index in [0.29, 0.717) is 17.5 Å². The van der Waals surface area contributed by atoms with Crippen molar-refractivity contribution in [2.24, 2.45) is 11.8 Å². The zero-order valence-corrected chi connectivity index (χ0v) is 16.5. The number of nitrogens with zero attached hydrogens (tertiary/aromatic N) is 2. The lowest BCUT2D eigenvalue weighted by atomic mass is 9.91. The summed E-state index contributed by atoms with van der Waals surface area (Å²) in [6, 6.07) is 6.13. The van der Waals surface area contributed by atoms with Crippen LogP contribution in [-0.4, -0.2) is 56.8 Å². The first-order chi connectivity index (χ1) is 11.6. The molecule has 0 spiro atoms. The lowest BCUT2D eigenvalue weighted by Crippen LogP contribution is -2.48. The van der Waals surface area contributed by atoms with Crippen LogP contribution in [0.2, 0.25) is 0 Å². The first-order valence-electron chi connectivity index (χ1n) is 8.68. The van der Waals surface area contributed by atoms with Crippen molar-refractivity contribution in [3.8, 4) is 0 Å². The second kappa shape index (κ2) is 7.85. The van der Waals surface area contributed by atoms with Gasteiger partial charge in [-0.3, -0.25) is 9.69 Å². The van der Waals surface area contributed by atoms with E-state index in [1.165, 1.54) is 32.6 Å². The minimum atomic E-state index is -3.52. The fraction of sp³-hybridized carbons (Fsp3) is 0.611. The predicted octanol–water partition coefficient (Wildman–Crippen LogP) is 2.24. The van der Waals surface area contributed by atoms with Crippen LogP contribution in [0, 0.1) is 11.8 Å². The second-order valence-corrected chi connectivity index (χ2v) is 9.53. The van der Waals surface area contributed by atoms with E-state index in [1.807, 2.05) is 6.92 Å². The van der Waals surface area contributed by atoms with E-state index < -0.39 is 10.0 Å². The number of piperidine rings is 1. The van der Waals surface area contributed by atoms with Gasteiger partial charge in [0.25, 0.3) is 0 Å². The Balaban J connectivity index is 2.10. The van der Waals surface area contributed by atoms with Gasteiger partial charge in [0.1, 0.15) is 0 Å². The van der Waals surface area contributed by atoms with Gasteiger partial charge in [-0.05, 0) is 43.4 Å². The Hall–Kier alpha value is -1.44. The lowest BCUT2D eigenvalue weighted by molar-refractivity contribution is -0.121. The number of nitrogens with one attached hydrogen (secondary N) is 1. The average Bonchev–Trinajstić information content (AvgIpc) is 2.53. The topological polar surface area (TPSA) is 69.7 Å². The van der Waals surface area contributed by atoms with Crippen molar-refractivity contribution in [2.45, 2.75) is 38.1 Å². The van der Waals surface area contributed by atoms with E-state index in [1.54, 1.807) is 12.1 Å². The molecule has 1 saturated heterocycles. The Morgan fingerprint density at radius 2 is 1.84 bits per heavy atom. The number of carbonyl (C=O) groups excluding carboxylic acids is 1. The molecule has 7 heteroatoms. The third kappa shape index (κ3) is 4.80. The number of hydrogen-bond acceptors (Lipinski definition) is 4. The summed E-state index contributed by atoms with van der Waals surface area (Å²) in [4.78, 5) is 15.0. The van der Waals surface area contributed by atoms with Gasteiger partial charge in [-0.25, -0.2) is 12.7 Å². The summed E-state index contributed by atoms with van der Waals surface area (Å²) in [5.41, 5.74) is 0.498. The first-order valence-corrected chi connectivity index (χ1v) is 10.1. The molecule has 1 aliphatic heterocycles. The van der Waals surface area contributed by atoms with Crippen LogP contribution in [0.15, 0.2) is 29.2 Å². The Morgan fingerprint density at radius 1 is 1.24 bits per heavy atom. The number of sulfonamides is 1. The van der Waals surface area contributed by atoms with Crippen LogP contribution in [0.1, 0.15) is 27.2 Å². The smallest absolute Gasteiger partial charge is 0.242 e. The third-order valence-electron chi connectivity index (χ3n) is 4.70. The third-order valence-corrected chi connectivity index (χ3v) is 6.52. The van der Waals surface area contributed by atoms with Crippen molar-refractivity contribution in [1.29, 1.82) is 0 Å². The molecule has 1 fully saturated rings. The molecule has 1 heterocycles. The van der Waals surface area contributed by atoms with E-state index in [-0.39, 0.29) is 16.8 Å². The van der Waals surface area contributed by atoms with Crippen molar-refractivity contribution in [1.82, 2.24) is 9.21 Å². The van der Waals surface area contributed by atoms with Crippen LogP contribution >= 0.6 is 0 Å². The van der Waals surface area contributed by atoms with E-state index in [4.69, 9.17) is 0 Å². The highest BCUT2D eigenvalue weighted by atomic mass is 32.2. The van der Waals surface area contributed by atoms with Crippen molar-refractivity contribution in [3.63, 3.8) is 0 Å². The molecule has 1 N–H and O–H groups in total. The molecule has 1 aliphatic rings. The summed E-state index contributed by atoms with van der Waals surface area (Å²) in [6.07, 6.45) is 1.19. The van der Waals surface area contributed by atoms with Crippen LogP contribution in [0.25, 0.3) is 0 Å². The Bertz CT molecular complexity index is 708. The summed E-state index contributed by atoms with van der Waals surface area (Å²) < 4.78 is 25.6. The van der Waals surface area contributed by atoms with Gasteiger partial charge in [0.15, 0.2) is 0 Å². The Labute approximate surface area is 151 Å². The quantitative estimate of drug-likeness (QED) is 0.866. The molecule has 6 nitrogen and oxygen atoms in total. The standard InChI is InChI=1S/C18H29N3O3S/c1-13-9-14(2)12-21(11-13)15(3)18(22)19-16-7-6-8-17(10-16)25(23,24)20(4)5/h6-8,10,13-15H,9,11-12H2,1-5H3,(H,19,22)/t13-,14-,15-/m1/s1. The predicted molar refractivity (Wildman–Crippen MR) is 99.9 cm³/mol. The summed E-state index contributed by atoms with van der Waals surface area (Å²) in [6.45, 7) is 8.15. The van der Waals surface area contributed by atoms with Crippen molar-refractivity contribution in [3.05, 3.63) is 24.3 Å². The monoisotopic (exact) mass is 367 g/mol. The number of likely N-dealkylation sites (tertiary alicyclic amines) is 1. The summed E-state index contributed by atoms with van der Waals surface area (Å²) in [5, 5.41) is 2.86. The van der Waals surface area contributed by atoms with E-state index in [9.17, 15) is 13.2 Å². The minimum absolute atomic E-state index is 0.110. The van der Waals surface area contributed by atoms with Gasteiger partial charge in [0, 0.05) is 32.9 Å². The molecule has 3 atom stereocenters. The van der Waals surface area contributed by atoms with E-state index >= 15 is 0 Å². The fourth-order valence-corrected chi connectivity index (χ4v) is 4.33. The lowest BCUT2D eigenvalue weighted by Gasteiger charge is -2.38. The molecule has 0 radical (unpaired) electrons. The van der Waals surface area contributed by atoms with Crippen LogP contribution in [0.4, 0.5) is 5.69 Å². The molecule has 0 aliphatic carbocycles. The highest BCUT2D eigenvalue weighted by Gasteiger charge is 2.29. The molecule has 25 heavy (non-hydrogen) atoms. The van der Waals surface area contributed by atoms with Gasteiger partial charge in [-0.15, -0.1) is 0 Å². The number of carbonyl (C=O) groups is 1. The second-order valence-electron chi connectivity index (χ2n) is 7.38. The van der Waals surface area contributed by atoms with Crippen molar-refractivity contribution < 1.29 is 13.2 Å². The molecule has 0 bridgehead atoms. The number of hydrogen-bond donors (Lipinski definition) is 1. The van der Waals surface area contributed by atoms with Crippen LogP contribution in [-0.2, 0) is 14.8 Å². The zero-order valence-electron chi connectivity index (χ0n) is 15.7. The fourth-order valence-electron chi connectivity index (χ4n) is 3.39. The molecule has 0 saturated carbocycles. The normalized spacial score (nSPS) is 23.4. The minimum Gasteiger partial charge on any atom is -0.325 e. The highest BCUT2D eigenvalue weighted by molar-refractivity contribution is 7.89. The van der Waals surface area contributed by atoms with Crippen LogP contribution < -0.4 is 5.32 Å². The molecule has 0 aromatic heterocycles. The van der Waals surface area contributed by atoms with Gasteiger partial charge in [-0.2, -0.15) is 0 Å². The molecule has 1 aromatic carbocycles. The first kappa shape index (κ1) is 19.9. The molecular formula is C18H29N3O3S. The SMILES string of the molecule is C[C@@H]1C[C@@H](C)CN([C@H](C)C(=O)Nc2cccc(S(=O)(=O)N(C)C)c2)C1. The molecule has 1 aromatic rings. The molecule has 2 rings (SSSR count). The number of amides is 1.